The smallest absolute Gasteiger partial charge is 0.145 e. The summed E-state index contributed by atoms with van der Waals surface area (Å²) in [7, 11) is 0. The Bertz CT molecular complexity index is 464. The molecule has 4 heteroatoms. The zero-order valence-corrected chi connectivity index (χ0v) is 11.0. The molecular formula is C14H20N4. The molecule has 1 unspecified atom stereocenters. The minimum absolute atomic E-state index is 0.0962. The summed E-state index contributed by atoms with van der Waals surface area (Å²) in [5.41, 5.74) is 2.58. The topological polar surface area (TPSA) is 53.6 Å². The van der Waals surface area contributed by atoms with Crippen molar-refractivity contribution < 1.29 is 0 Å². The fourth-order valence-corrected chi connectivity index (χ4v) is 2.01. The van der Waals surface area contributed by atoms with E-state index in [1.165, 1.54) is 11.1 Å². The molecule has 0 saturated heterocycles. The van der Waals surface area contributed by atoms with Gasteiger partial charge in [0, 0.05) is 0 Å². The van der Waals surface area contributed by atoms with E-state index in [1.54, 1.807) is 6.33 Å². The summed E-state index contributed by atoms with van der Waals surface area (Å²) in [6, 6.07) is 8.72. The maximum absolute atomic E-state index is 4.27. The van der Waals surface area contributed by atoms with Crippen molar-refractivity contribution in [2.24, 2.45) is 0 Å². The molecule has 0 aliphatic heterocycles. The monoisotopic (exact) mass is 244 g/mol. The van der Waals surface area contributed by atoms with Crippen LogP contribution in [0.2, 0.25) is 0 Å². The number of nitrogens with one attached hydrogen (secondary N) is 2. The Labute approximate surface area is 108 Å². The maximum Gasteiger partial charge on any atom is 0.145 e. The summed E-state index contributed by atoms with van der Waals surface area (Å²) in [5.74, 6) is 0.872. The highest BCUT2D eigenvalue weighted by Crippen LogP contribution is 2.19. The number of hydrogen-bond donors (Lipinski definition) is 2. The second-order valence-electron chi connectivity index (χ2n) is 4.36. The van der Waals surface area contributed by atoms with E-state index in [2.05, 4.69) is 58.6 Å². The van der Waals surface area contributed by atoms with Crippen LogP contribution in [0.1, 0.15) is 43.3 Å². The average molecular weight is 244 g/mol. The number of benzene rings is 1. The summed E-state index contributed by atoms with van der Waals surface area (Å²) < 4.78 is 0. The number of H-pyrrole nitrogens is 1. The molecule has 2 aromatic rings. The fourth-order valence-electron chi connectivity index (χ4n) is 2.01. The standard InChI is InChI=1S/C14H20N4/c1-3-8-15-13(14-16-10-17-18-14)12-7-5-6-11(4-2)9-12/h5-7,9-10,13,15H,3-4,8H2,1-2H3,(H,16,17,18). The summed E-state index contributed by atoms with van der Waals surface area (Å²) in [4.78, 5) is 4.27. The van der Waals surface area contributed by atoms with Crippen LogP contribution in [0.25, 0.3) is 0 Å². The van der Waals surface area contributed by atoms with Gasteiger partial charge < -0.3 is 5.32 Å². The van der Waals surface area contributed by atoms with Crippen LogP contribution in [0.4, 0.5) is 0 Å². The summed E-state index contributed by atoms with van der Waals surface area (Å²) >= 11 is 0. The van der Waals surface area contributed by atoms with E-state index in [9.17, 15) is 0 Å². The van der Waals surface area contributed by atoms with Gasteiger partial charge in [-0.15, -0.1) is 0 Å². The van der Waals surface area contributed by atoms with Gasteiger partial charge in [-0.2, -0.15) is 5.10 Å². The lowest BCUT2D eigenvalue weighted by Gasteiger charge is -2.17. The Hall–Kier alpha value is -1.68. The minimum Gasteiger partial charge on any atom is -0.304 e. The van der Waals surface area contributed by atoms with Crippen molar-refractivity contribution in [3.05, 3.63) is 47.5 Å². The lowest BCUT2D eigenvalue weighted by atomic mass is 10.0. The van der Waals surface area contributed by atoms with Crippen molar-refractivity contribution in [2.45, 2.75) is 32.7 Å². The second kappa shape index (κ2) is 6.31. The predicted molar refractivity (Wildman–Crippen MR) is 72.3 cm³/mol. The highest BCUT2D eigenvalue weighted by atomic mass is 15.2. The molecule has 1 heterocycles. The molecular weight excluding hydrogens is 224 g/mol. The zero-order chi connectivity index (χ0) is 12.8. The summed E-state index contributed by atoms with van der Waals surface area (Å²) in [5, 5.41) is 10.4. The van der Waals surface area contributed by atoms with Crippen LogP contribution >= 0.6 is 0 Å². The second-order valence-corrected chi connectivity index (χ2v) is 4.36. The van der Waals surface area contributed by atoms with Gasteiger partial charge in [0.05, 0.1) is 6.04 Å². The molecule has 0 radical (unpaired) electrons. The number of nitrogens with zero attached hydrogens (tertiary/aromatic N) is 2. The van der Waals surface area contributed by atoms with Crippen LogP contribution < -0.4 is 5.32 Å². The molecule has 1 atom stereocenters. The number of aromatic amines is 1. The van der Waals surface area contributed by atoms with Crippen molar-refractivity contribution in [3.63, 3.8) is 0 Å². The van der Waals surface area contributed by atoms with E-state index >= 15 is 0 Å². The molecule has 4 nitrogen and oxygen atoms in total. The number of rotatable bonds is 6. The molecule has 18 heavy (non-hydrogen) atoms. The lowest BCUT2D eigenvalue weighted by Crippen LogP contribution is -2.24. The van der Waals surface area contributed by atoms with E-state index in [0.717, 1.165) is 25.2 Å². The van der Waals surface area contributed by atoms with Gasteiger partial charge in [-0.3, -0.25) is 5.10 Å². The third kappa shape index (κ3) is 2.96. The first-order valence-corrected chi connectivity index (χ1v) is 6.52. The van der Waals surface area contributed by atoms with Crippen LogP contribution in [-0.4, -0.2) is 21.7 Å². The first-order chi connectivity index (χ1) is 8.85. The Morgan fingerprint density at radius 1 is 1.33 bits per heavy atom. The molecule has 0 aliphatic carbocycles. The van der Waals surface area contributed by atoms with E-state index in [-0.39, 0.29) is 6.04 Å². The van der Waals surface area contributed by atoms with Gasteiger partial charge >= 0.3 is 0 Å². The third-order valence-electron chi connectivity index (χ3n) is 3.00. The number of aromatic nitrogens is 3. The van der Waals surface area contributed by atoms with Gasteiger partial charge in [-0.25, -0.2) is 4.98 Å². The first kappa shape index (κ1) is 12.8. The fraction of sp³-hybridized carbons (Fsp3) is 0.429. The molecule has 96 valence electrons. The Morgan fingerprint density at radius 3 is 2.89 bits per heavy atom. The molecule has 2 N–H and O–H groups in total. The molecule has 0 saturated carbocycles. The van der Waals surface area contributed by atoms with Crippen molar-refractivity contribution >= 4 is 0 Å². The van der Waals surface area contributed by atoms with Crippen LogP contribution in [-0.2, 0) is 6.42 Å². The molecule has 0 aliphatic rings. The van der Waals surface area contributed by atoms with Gasteiger partial charge in [0.2, 0.25) is 0 Å². The number of hydrogen-bond acceptors (Lipinski definition) is 3. The van der Waals surface area contributed by atoms with E-state index in [4.69, 9.17) is 0 Å². The maximum atomic E-state index is 4.27. The Kier molecular flexibility index (Phi) is 4.47. The van der Waals surface area contributed by atoms with Crippen LogP contribution in [0.15, 0.2) is 30.6 Å². The summed E-state index contributed by atoms with van der Waals surface area (Å²) in [6.07, 6.45) is 3.70. The molecule has 0 spiro atoms. The highest BCUT2D eigenvalue weighted by Gasteiger charge is 2.16. The van der Waals surface area contributed by atoms with E-state index in [1.807, 2.05) is 0 Å². The third-order valence-corrected chi connectivity index (χ3v) is 3.00. The lowest BCUT2D eigenvalue weighted by molar-refractivity contribution is 0.573. The number of aryl methyl sites for hydroxylation is 1. The molecule has 2 rings (SSSR count). The first-order valence-electron chi connectivity index (χ1n) is 6.52. The Morgan fingerprint density at radius 2 is 2.22 bits per heavy atom. The SMILES string of the molecule is CCCNC(c1cccc(CC)c1)c1ncn[nH]1. The van der Waals surface area contributed by atoms with Crippen molar-refractivity contribution in [2.75, 3.05) is 6.54 Å². The van der Waals surface area contributed by atoms with Gasteiger partial charge in [0.15, 0.2) is 0 Å². The Balaban J connectivity index is 2.27. The molecule has 1 aromatic heterocycles. The zero-order valence-electron chi connectivity index (χ0n) is 11.0. The van der Waals surface area contributed by atoms with Crippen LogP contribution in [0.5, 0.6) is 0 Å². The molecule has 0 fully saturated rings. The van der Waals surface area contributed by atoms with Crippen molar-refractivity contribution in [1.82, 2.24) is 20.5 Å². The average Bonchev–Trinajstić information content (AvgIpc) is 2.93. The molecule has 1 aromatic carbocycles. The van der Waals surface area contributed by atoms with Crippen LogP contribution in [0, 0.1) is 0 Å². The highest BCUT2D eigenvalue weighted by molar-refractivity contribution is 5.29. The molecule has 0 amide bonds. The van der Waals surface area contributed by atoms with Crippen LogP contribution in [0.3, 0.4) is 0 Å². The van der Waals surface area contributed by atoms with Gasteiger partial charge in [-0.05, 0) is 30.5 Å². The summed E-state index contributed by atoms with van der Waals surface area (Å²) in [6.45, 7) is 5.29. The van der Waals surface area contributed by atoms with Crippen molar-refractivity contribution in [3.8, 4) is 0 Å². The predicted octanol–water partition coefficient (Wildman–Crippen LogP) is 2.46. The normalized spacial score (nSPS) is 12.6. The van der Waals surface area contributed by atoms with Gasteiger partial charge in [0.25, 0.3) is 0 Å². The van der Waals surface area contributed by atoms with Gasteiger partial charge in [-0.1, -0.05) is 38.1 Å². The van der Waals surface area contributed by atoms with Gasteiger partial charge in [0.1, 0.15) is 12.2 Å². The van der Waals surface area contributed by atoms with E-state index in [0.29, 0.717) is 0 Å². The minimum atomic E-state index is 0.0962. The van der Waals surface area contributed by atoms with Crippen molar-refractivity contribution in [1.29, 1.82) is 0 Å². The quantitative estimate of drug-likeness (QED) is 0.820. The molecule has 0 bridgehead atoms. The van der Waals surface area contributed by atoms with E-state index < -0.39 is 0 Å². The largest absolute Gasteiger partial charge is 0.304 e.